The number of aliphatic hydroxyl groups excluding tert-OH is 1. The molecule has 0 aromatic carbocycles. The van der Waals surface area contributed by atoms with Crippen LogP contribution in [0.15, 0.2) is 0 Å². The summed E-state index contributed by atoms with van der Waals surface area (Å²) >= 11 is 0. The third-order valence-electron chi connectivity index (χ3n) is 4.56. The summed E-state index contributed by atoms with van der Waals surface area (Å²) in [6.45, 7) is 5.13. The summed E-state index contributed by atoms with van der Waals surface area (Å²) in [5.74, 6) is -0.830. The summed E-state index contributed by atoms with van der Waals surface area (Å²) in [6.07, 6.45) is 0.521. The van der Waals surface area contributed by atoms with Crippen LogP contribution in [0.25, 0.3) is 0 Å². The minimum absolute atomic E-state index is 0.123. The molecular weight excluding hydrogens is 276 g/mol. The zero-order valence-corrected chi connectivity index (χ0v) is 12.6. The first-order valence-corrected chi connectivity index (χ1v) is 7.45. The second kappa shape index (κ2) is 6.19. The van der Waals surface area contributed by atoms with Crippen LogP contribution >= 0.6 is 0 Å². The minimum atomic E-state index is -0.830. The topological polar surface area (TPSA) is 90.3 Å². The van der Waals surface area contributed by atoms with Gasteiger partial charge in [-0.25, -0.2) is 4.79 Å². The maximum Gasteiger partial charge on any atom is 0.320 e. The first kappa shape index (κ1) is 16.0. The highest BCUT2D eigenvalue weighted by Crippen LogP contribution is 2.34. The first-order valence-electron chi connectivity index (χ1n) is 7.45. The molecule has 2 N–H and O–H groups in total. The number of carboxylic acids is 1. The molecule has 0 aromatic rings. The standard InChI is InChI=1S/C14H24N2O5/c1-3-14(12(18)19)4-5-15(9-14)13(20)16-6-10(2)21-11(7-16)8-17/h10-11,17H,3-9H2,1-2H3,(H,18,19). The Hall–Kier alpha value is -1.34. The van der Waals surface area contributed by atoms with E-state index in [1.807, 2.05) is 13.8 Å². The molecule has 2 fully saturated rings. The second-order valence-corrected chi connectivity index (χ2v) is 6.05. The average Bonchev–Trinajstić information content (AvgIpc) is 2.91. The van der Waals surface area contributed by atoms with Gasteiger partial charge >= 0.3 is 12.0 Å². The Kier molecular flexibility index (Phi) is 4.73. The third kappa shape index (κ3) is 3.13. The molecule has 2 rings (SSSR count). The van der Waals surface area contributed by atoms with E-state index in [0.29, 0.717) is 32.5 Å². The maximum absolute atomic E-state index is 12.6. The summed E-state index contributed by atoms with van der Waals surface area (Å²) in [4.78, 5) is 27.3. The van der Waals surface area contributed by atoms with Gasteiger partial charge in [0.25, 0.3) is 0 Å². The molecule has 0 aliphatic carbocycles. The number of carbonyl (C=O) groups excluding carboxylic acids is 1. The highest BCUT2D eigenvalue weighted by molar-refractivity contribution is 5.80. The van der Waals surface area contributed by atoms with Crippen LogP contribution in [-0.4, -0.2) is 77.0 Å². The van der Waals surface area contributed by atoms with Crippen molar-refractivity contribution in [3.05, 3.63) is 0 Å². The van der Waals surface area contributed by atoms with Crippen LogP contribution in [0.5, 0.6) is 0 Å². The van der Waals surface area contributed by atoms with Crippen LogP contribution in [0.4, 0.5) is 4.79 Å². The fraction of sp³-hybridized carbons (Fsp3) is 0.857. The molecule has 2 aliphatic rings. The normalized spacial score (nSPS) is 33.3. The van der Waals surface area contributed by atoms with Crippen molar-refractivity contribution in [2.75, 3.05) is 32.8 Å². The molecule has 3 unspecified atom stereocenters. The molecule has 21 heavy (non-hydrogen) atoms. The van der Waals surface area contributed by atoms with Crippen LogP contribution in [0.3, 0.4) is 0 Å². The fourth-order valence-electron chi connectivity index (χ4n) is 3.15. The Labute approximate surface area is 124 Å². The van der Waals surface area contributed by atoms with Crippen LogP contribution in [0, 0.1) is 5.41 Å². The van der Waals surface area contributed by atoms with Gasteiger partial charge in [-0.15, -0.1) is 0 Å². The van der Waals surface area contributed by atoms with Crippen LogP contribution in [0.2, 0.25) is 0 Å². The Morgan fingerprint density at radius 2 is 2.05 bits per heavy atom. The van der Waals surface area contributed by atoms with E-state index < -0.39 is 11.4 Å². The number of nitrogens with zero attached hydrogens (tertiary/aromatic N) is 2. The Morgan fingerprint density at radius 3 is 2.57 bits per heavy atom. The van der Waals surface area contributed by atoms with Gasteiger partial charge in [0.2, 0.25) is 0 Å². The van der Waals surface area contributed by atoms with Crippen molar-refractivity contribution < 1.29 is 24.5 Å². The van der Waals surface area contributed by atoms with Crippen molar-refractivity contribution in [1.82, 2.24) is 9.80 Å². The summed E-state index contributed by atoms with van der Waals surface area (Å²) in [7, 11) is 0. The number of rotatable bonds is 3. The molecule has 2 saturated heterocycles. The molecule has 0 bridgehead atoms. The number of carbonyl (C=O) groups is 2. The molecule has 2 aliphatic heterocycles. The number of aliphatic carboxylic acids is 1. The van der Waals surface area contributed by atoms with Crippen molar-refractivity contribution in [2.24, 2.45) is 5.41 Å². The Balaban J connectivity index is 2.02. The number of carboxylic acid groups (broad SMARTS) is 1. The molecule has 2 amide bonds. The molecule has 120 valence electrons. The number of aliphatic hydroxyl groups is 1. The molecule has 0 spiro atoms. The quantitative estimate of drug-likeness (QED) is 0.786. The summed E-state index contributed by atoms with van der Waals surface area (Å²) in [6, 6.07) is -0.153. The molecule has 2 heterocycles. The third-order valence-corrected chi connectivity index (χ3v) is 4.56. The van der Waals surface area contributed by atoms with Gasteiger partial charge in [0.05, 0.1) is 30.8 Å². The smallest absolute Gasteiger partial charge is 0.320 e. The van der Waals surface area contributed by atoms with E-state index in [0.717, 1.165) is 0 Å². The lowest BCUT2D eigenvalue weighted by Crippen LogP contribution is -2.54. The second-order valence-electron chi connectivity index (χ2n) is 6.05. The van der Waals surface area contributed by atoms with Gasteiger partial charge in [-0.2, -0.15) is 0 Å². The van der Waals surface area contributed by atoms with Gasteiger partial charge in [-0.1, -0.05) is 6.92 Å². The van der Waals surface area contributed by atoms with E-state index in [1.165, 1.54) is 0 Å². The van der Waals surface area contributed by atoms with Crippen LogP contribution < -0.4 is 0 Å². The van der Waals surface area contributed by atoms with Crippen molar-refractivity contribution in [3.63, 3.8) is 0 Å². The SMILES string of the molecule is CCC1(C(=O)O)CCN(C(=O)N2CC(C)OC(CO)C2)C1. The number of morpholine rings is 1. The molecule has 0 radical (unpaired) electrons. The van der Waals surface area contributed by atoms with Gasteiger partial charge in [0, 0.05) is 19.6 Å². The number of likely N-dealkylation sites (tertiary alicyclic amines) is 1. The lowest BCUT2D eigenvalue weighted by atomic mass is 9.84. The number of amides is 2. The maximum atomic E-state index is 12.6. The van der Waals surface area contributed by atoms with Gasteiger partial charge < -0.3 is 24.7 Å². The van der Waals surface area contributed by atoms with Crippen LogP contribution in [-0.2, 0) is 9.53 Å². The van der Waals surface area contributed by atoms with Crippen molar-refractivity contribution in [2.45, 2.75) is 38.9 Å². The summed E-state index contributed by atoms with van der Waals surface area (Å²) in [5, 5.41) is 18.6. The molecular formula is C14H24N2O5. The van der Waals surface area contributed by atoms with Crippen molar-refractivity contribution in [3.8, 4) is 0 Å². The number of ether oxygens (including phenoxy) is 1. The first-order chi connectivity index (χ1) is 9.91. The zero-order valence-electron chi connectivity index (χ0n) is 12.6. The average molecular weight is 300 g/mol. The van der Waals surface area contributed by atoms with Crippen molar-refractivity contribution in [1.29, 1.82) is 0 Å². The van der Waals surface area contributed by atoms with Gasteiger partial charge in [-0.3, -0.25) is 4.79 Å². The van der Waals surface area contributed by atoms with E-state index in [-0.39, 0.29) is 31.4 Å². The number of urea groups is 1. The molecule has 0 saturated carbocycles. The van der Waals surface area contributed by atoms with E-state index >= 15 is 0 Å². The summed E-state index contributed by atoms with van der Waals surface area (Å²) < 4.78 is 5.52. The van der Waals surface area contributed by atoms with Crippen LogP contribution in [0.1, 0.15) is 26.7 Å². The number of hydrogen-bond acceptors (Lipinski definition) is 4. The Morgan fingerprint density at radius 1 is 1.33 bits per heavy atom. The van der Waals surface area contributed by atoms with E-state index in [2.05, 4.69) is 0 Å². The predicted molar refractivity (Wildman–Crippen MR) is 74.9 cm³/mol. The van der Waals surface area contributed by atoms with Gasteiger partial charge in [-0.05, 0) is 19.8 Å². The minimum Gasteiger partial charge on any atom is -0.481 e. The van der Waals surface area contributed by atoms with E-state index in [4.69, 9.17) is 4.74 Å². The Bertz CT molecular complexity index is 416. The number of hydrogen-bond donors (Lipinski definition) is 2. The lowest BCUT2D eigenvalue weighted by molar-refractivity contribution is -0.148. The summed E-state index contributed by atoms with van der Waals surface area (Å²) in [5.41, 5.74) is -0.816. The molecule has 7 heteroatoms. The molecule has 7 nitrogen and oxygen atoms in total. The van der Waals surface area contributed by atoms with Crippen molar-refractivity contribution >= 4 is 12.0 Å². The van der Waals surface area contributed by atoms with Gasteiger partial charge in [0.15, 0.2) is 0 Å². The van der Waals surface area contributed by atoms with E-state index in [1.54, 1.807) is 9.80 Å². The highest BCUT2D eigenvalue weighted by atomic mass is 16.5. The fourth-order valence-corrected chi connectivity index (χ4v) is 3.15. The largest absolute Gasteiger partial charge is 0.481 e. The highest BCUT2D eigenvalue weighted by Gasteiger charge is 2.46. The molecule has 3 atom stereocenters. The molecule has 0 aromatic heterocycles. The lowest BCUT2D eigenvalue weighted by Gasteiger charge is -2.38. The van der Waals surface area contributed by atoms with Gasteiger partial charge in [0.1, 0.15) is 0 Å². The monoisotopic (exact) mass is 300 g/mol. The van der Waals surface area contributed by atoms with E-state index in [9.17, 15) is 19.8 Å². The predicted octanol–water partition coefficient (Wildman–Crippen LogP) is 0.375. The zero-order chi connectivity index (χ0) is 15.6.